The Morgan fingerprint density at radius 3 is 3.00 bits per heavy atom. The molecule has 2 heterocycles. The first-order chi connectivity index (χ1) is 6.79. The summed E-state index contributed by atoms with van der Waals surface area (Å²) in [4.78, 5) is 19.3. The molecule has 4 heteroatoms. The maximum Gasteiger partial charge on any atom is 0.210 e. The molecule has 2 rings (SSSR count). The molecule has 14 heavy (non-hydrogen) atoms. The van der Waals surface area contributed by atoms with Crippen molar-refractivity contribution in [3.63, 3.8) is 0 Å². The number of aromatic nitrogens is 2. The number of aromatic amines is 1. The number of ketones is 1. The molecule has 2 aromatic rings. The van der Waals surface area contributed by atoms with Crippen molar-refractivity contribution in [1.82, 2.24) is 9.97 Å². The topological polar surface area (TPSA) is 45.8 Å². The van der Waals surface area contributed by atoms with Crippen LogP contribution in [0.1, 0.15) is 15.4 Å². The number of allylic oxidation sites excluding steroid dienone is 1. The van der Waals surface area contributed by atoms with Gasteiger partial charge in [0, 0.05) is 18.0 Å². The molecule has 0 aromatic carbocycles. The fraction of sp³-hybridized carbons (Fsp3) is 0. The van der Waals surface area contributed by atoms with Gasteiger partial charge in [-0.05, 0) is 12.1 Å². The summed E-state index contributed by atoms with van der Waals surface area (Å²) < 4.78 is 0. The molecule has 0 radical (unpaired) electrons. The molecule has 0 amide bonds. The van der Waals surface area contributed by atoms with Gasteiger partial charge in [-0.3, -0.25) is 9.78 Å². The zero-order valence-corrected chi connectivity index (χ0v) is 8.17. The first kappa shape index (κ1) is 8.90. The molecule has 0 saturated heterocycles. The minimum atomic E-state index is -0.0840. The van der Waals surface area contributed by atoms with Gasteiger partial charge in [0.15, 0.2) is 0 Å². The van der Waals surface area contributed by atoms with Crippen molar-refractivity contribution in [3.8, 4) is 0 Å². The van der Waals surface area contributed by atoms with Gasteiger partial charge in [0.05, 0.1) is 16.1 Å². The third-order valence-electron chi connectivity index (χ3n) is 1.85. The maximum atomic E-state index is 11.8. The highest BCUT2D eigenvalue weighted by Crippen LogP contribution is 2.20. The first-order valence-electron chi connectivity index (χ1n) is 4.05. The molecule has 70 valence electrons. The van der Waals surface area contributed by atoms with Crippen LogP contribution in [0, 0.1) is 0 Å². The Balaban J connectivity index is 2.26. The van der Waals surface area contributed by atoms with Crippen LogP contribution in [-0.4, -0.2) is 15.8 Å². The lowest BCUT2D eigenvalue weighted by Crippen LogP contribution is -2.00. The molecule has 0 aliphatic rings. The molecule has 0 fully saturated rings. The van der Waals surface area contributed by atoms with Gasteiger partial charge in [0.25, 0.3) is 0 Å². The second-order valence-corrected chi connectivity index (χ2v) is 3.64. The fourth-order valence-electron chi connectivity index (χ4n) is 1.11. The van der Waals surface area contributed by atoms with Gasteiger partial charge in [0.1, 0.15) is 0 Å². The molecule has 0 atom stereocenters. The highest BCUT2D eigenvalue weighted by atomic mass is 32.1. The number of carbonyl (C=O) groups is 1. The number of nitrogens with one attached hydrogen (secondary N) is 1. The third-order valence-corrected chi connectivity index (χ3v) is 2.68. The monoisotopic (exact) mass is 204 g/mol. The lowest BCUT2D eigenvalue weighted by atomic mass is 10.1. The van der Waals surface area contributed by atoms with Crippen molar-refractivity contribution < 1.29 is 4.79 Å². The summed E-state index contributed by atoms with van der Waals surface area (Å²) in [6.07, 6.45) is 3.36. The molecule has 0 unspecified atom stereocenters. The number of H-pyrrole nitrogens is 1. The number of hydrogen-bond acceptors (Lipinski definition) is 3. The minimum absolute atomic E-state index is 0.0840. The van der Waals surface area contributed by atoms with Crippen LogP contribution >= 0.6 is 11.3 Å². The summed E-state index contributed by atoms with van der Waals surface area (Å²) in [7, 11) is 0. The fourth-order valence-corrected chi connectivity index (χ4v) is 1.70. The molecule has 0 aliphatic carbocycles. The normalized spacial score (nSPS) is 10.0. The van der Waals surface area contributed by atoms with Crippen LogP contribution < -0.4 is 0 Å². The van der Waals surface area contributed by atoms with E-state index in [1.807, 2.05) is 0 Å². The van der Waals surface area contributed by atoms with Gasteiger partial charge >= 0.3 is 0 Å². The average molecular weight is 204 g/mol. The molecule has 1 N–H and O–H groups in total. The van der Waals surface area contributed by atoms with Crippen LogP contribution in [-0.2, 0) is 0 Å². The van der Waals surface area contributed by atoms with E-state index in [1.165, 1.54) is 11.3 Å². The van der Waals surface area contributed by atoms with E-state index in [1.54, 1.807) is 30.0 Å². The van der Waals surface area contributed by atoms with Crippen molar-refractivity contribution in [1.29, 1.82) is 0 Å². The zero-order chi connectivity index (χ0) is 9.97. The Hall–Kier alpha value is -1.68. The van der Waals surface area contributed by atoms with E-state index in [-0.39, 0.29) is 5.78 Å². The highest BCUT2D eigenvalue weighted by molar-refractivity contribution is 7.11. The SMILES string of the molecule is C=C(C(=O)c1ccc[nH]1)c1cncs1. The molecule has 0 saturated carbocycles. The zero-order valence-electron chi connectivity index (χ0n) is 7.36. The number of thiazole rings is 1. The van der Waals surface area contributed by atoms with Crippen LogP contribution in [0.2, 0.25) is 0 Å². The Morgan fingerprint density at radius 1 is 1.57 bits per heavy atom. The van der Waals surface area contributed by atoms with Gasteiger partial charge in [-0.2, -0.15) is 0 Å². The molecule has 2 aromatic heterocycles. The third kappa shape index (κ3) is 1.52. The molecule has 3 nitrogen and oxygen atoms in total. The Bertz CT molecular complexity index is 398. The van der Waals surface area contributed by atoms with E-state index in [9.17, 15) is 4.79 Å². The largest absolute Gasteiger partial charge is 0.359 e. The van der Waals surface area contributed by atoms with E-state index >= 15 is 0 Å². The summed E-state index contributed by atoms with van der Waals surface area (Å²) in [5.41, 5.74) is 2.72. The molecular weight excluding hydrogens is 196 g/mol. The number of rotatable bonds is 3. The Morgan fingerprint density at radius 2 is 2.43 bits per heavy atom. The van der Waals surface area contributed by atoms with Crippen LogP contribution in [0.15, 0.2) is 36.6 Å². The Kier molecular flexibility index (Phi) is 2.28. The summed E-state index contributed by atoms with van der Waals surface area (Å²) in [6, 6.07) is 3.52. The number of Topliss-reactive ketones (excluding diaryl/α,β-unsaturated/α-hetero) is 1. The summed E-state index contributed by atoms with van der Waals surface area (Å²) >= 11 is 1.41. The van der Waals surface area contributed by atoms with E-state index in [0.29, 0.717) is 11.3 Å². The predicted octanol–water partition coefficient (Wildman–Crippen LogP) is 2.37. The molecule has 0 bridgehead atoms. The standard InChI is InChI=1S/C10H8N2OS/c1-7(9-5-11-6-14-9)10(13)8-3-2-4-12-8/h2-6,12H,1H2. The van der Waals surface area contributed by atoms with Gasteiger partial charge in [-0.1, -0.05) is 6.58 Å². The average Bonchev–Trinajstić information content (AvgIpc) is 2.87. The van der Waals surface area contributed by atoms with E-state index < -0.39 is 0 Å². The second kappa shape index (κ2) is 3.59. The minimum Gasteiger partial charge on any atom is -0.359 e. The summed E-state index contributed by atoms with van der Waals surface area (Å²) in [6.45, 7) is 3.75. The van der Waals surface area contributed by atoms with Gasteiger partial charge in [0.2, 0.25) is 5.78 Å². The first-order valence-corrected chi connectivity index (χ1v) is 4.93. The van der Waals surface area contributed by atoms with Gasteiger partial charge in [-0.15, -0.1) is 11.3 Å². The lowest BCUT2D eigenvalue weighted by Gasteiger charge is -1.98. The maximum absolute atomic E-state index is 11.8. The highest BCUT2D eigenvalue weighted by Gasteiger charge is 2.13. The quantitative estimate of drug-likeness (QED) is 0.616. The molecular formula is C10H8N2OS. The number of nitrogens with zero attached hydrogens (tertiary/aromatic N) is 1. The van der Waals surface area contributed by atoms with Crippen molar-refractivity contribution in [2.45, 2.75) is 0 Å². The summed E-state index contributed by atoms with van der Waals surface area (Å²) in [5, 5.41) is 0. The van der Waals surface area contributed by atoms with Crippen LogP contribution in [0.5, 0.6) is 0 Å². The molecule has 0 aliphatic heterocycles. The molecule has 0 spiro atoms. The van der Waals surface area contributed by atoms with Gasteiger partial charge < -0.3 is 4.98 Å². The van der Waals surface area contributed by atoms with Gasteiger partial charge in [-0.25, -0.2) is 0 Å². The van der Waals surface area contributed by atoms with E-state index in [2.05, 4.69) is 16.5 Å². The van der Waals surface area contributed by atoms with E-state index in [0.717, 1.165) is 4.88 Å². The van der Waals surface area contributed by atoms with Crippen molar-refractivity contribution in [3.05, 3.63) is 47.2 Å². The second-order valence-electron chi connectivity index (χ2n) is 2.76. The van der Waals surface area contributed by atoms with Crippen molar-refractivity contribution in [2.24, 2.45) is 0 Å². The van der Waals surface area contributed by atoms with Crippen LogP contribution in [0.4, 0.5) is 0 Å². The number of carbonyl (C=O) groups excluding carboxylic acids is 1. The van der Waals surface area contributed by atoms with Crippen LogP contribution in [0.25, 0.3) is 5.57 Å². The Labute approximate surface area is 85.1 Å². The van der Waals surface area contributed by atoms with Crippen LogP contribution in [0.3, 0.4) is 0 Å². The predicted molar refractivity (Wildman–Crippen MR) is 56.3 cm³/mol. The summed E-state index contributed by atoms with van der Waals surface area (Å²) in [5.74, 6) is -0.0840. The lowest BCUT2D eigenvalue weighted by molar-refractivity contribution is 0.105. The van der Waals surface area contributed by atoms with Crippen molar-refractivity contribution >= 4 is 22.7 Å². The van der Waals surface area contributed by atoms with E-state index in [4.69, 9.17) is 0 Å². The smallest absolute Gasteiger partial charge is 0.210 e. The number of hydrogen-bond donors (Lipinski definition) is 1. The van der Waals surface area contributed by atoms with Crippen molar-refractivity contribution in [2.75, 3.05) is 0 Å².